The summed E-state index contributed by atoms with van der Waals surface area (Å²) >= 11 is 0. The third-order valence-corrected chi connectivity index (χ3v) is 7.74. The van der Waals surface area contributed by atoms with E-state index in [1.807, 2.05) is 30.3 Å². The number of rotatable bonds is 12. The van der Waals surface area contributed by atoms with E-state index in [1.165, 1.54) is 24.1 Å². The number of likely N-dealkylation sites (N-methyl/N-ethyl adjacent to an activating group) is 1. The fourth-order valence-corrected chi connectivity index (χ4v) is 5.33. The van der Waals surface area contributed by atoms with Gasteiger partial charge in [-0.15, -0.1) is 0 Å². The van der Waals surface area contributed by atoms with Gasteiger partial charge < -0.3 is 15.0 Å². The number of hydrogen-bond donors (Lipinski definition) is 1. The molecule has 37 heavy (non-hydrogen) atoms. The first-order chi connectivity index (χ1) is 17.8. The molecule has 8 nitrogen and oxygen atoms in total. The molecular weight excluding hydrogens is 490 g/mol. The Labute approximate surface area is 218 Å². The van der Waals surface area contributed by atoms with Crippen molar-refractivity contribution in [2.75, 3.05) is 31.0 Å². The fourth-order valence-electron chi connectivity index (χ4n) is 3.91. The second-order valence-electron chi connectivity index (χ2n) is 8.42. The minimum Gasteiger partial charge on any atom is -0.497 e. The molecule has 1 atom stereocenters. The fraction of sp³-hybridized carbons (Fsp3) is 0.286. The van der Waals surface area contributed by atoms with Crippen LogP contribution in [0.15, 0.2) is 89.8 Å². The van der Waals surface area contributed by atoms with Crippen molar-refractivity contribution in [1.82, 2.24) is 10.2 Å². The molecule has 0 fully saturated rings. The van der Waals surface area contributed by atoms with E-state index in [4.69, 9.17) is 4.74 Å². The number of hydrogen-bond acceptors (Lipinski definition) is 5. The molecule has 0 aliphatic carbocycles. The number of carbonyl (C=O) groups is 2. The van der Waals surface area contributed by atoms with Gasteiger partial charge >= 0.3 is 0 Å². The Kier molecular flexibility index (Phi) is 9.68. The highest BCUT2D eigenvalue weighted by Gasteiger charge is 2.32. The zero-order chi connectivity index (χ0) is 26.8. The number of ether oxygens (including phenoxy) is 1. The molecule has 0 aromatic heterocycles. The first-order valence-electron chi connectivity index (χ1n) is 12.1. The van der Waals surface area contributed by atoms with Crippen molar-refractivity contribution in [3.8, 4) is 5.75 Å². The van der Waals surface area contributed by atoms with Crippen LogP contribution in [-0.4, -0.2) is 57.9 Å². The molecule has 0 radical (unpaired) electrons. The summed E-state index contributed by atoms with van der Waals surface area (Å²) in [5.74, 6) is -0.338. The number of nitrogens with one attached hydrogen (secondary N) is 1. The molecule has 0 saturated carbocycles. The van der Waals surface area contributed by atoms with Gasteiger partial charge in [-0.3, -0.25) is 13.9 Å². The maximum atomic E-state index is 13.7. The Morgan fingerprint density at radius 1 is 0.946 bits per heavy atom. The Morgan fingerprint density at radius 2 is 1.59 bits per heavy atom. The monoisotopic (exact) mass is 523 g/mol. The van der Waals surface area contributed by atoms with Gasteiger partial charge in [0.15, 0.2) is 0 Å². The van der Waals surface area contributed by atoms with E-state index < -0.39 is 28.5 Å². The molecule has 1 N–H and O–H groups in total. The molecule has 0 aliphatic rings. The topological polar surface area (TPSA) is 96.0 Å². The van der Waals surface area contributed by atoms with Crippen molar-refractivity contribution in [1.29, 1.82) is 0 Å². The Bertz CT molecular complexity index is 1280. The molecule has 0 spiro atoms. The molecule has 3 aromatic carbocycles. The molecule has 9 heteroatoms. The van der Waals surface area contributed by atoms with Gasteiger partial charge in [-0.1, -0.05) is 54.6 Å². The molecule has 0 aliphatic heterocycles. The van der Waals surface area contributed by atoms with Crippen LogP contribution in [0.25, 0.3) is 0 Å². The molecule has 0 unspecified atom stereocenters. The van der Waals surface area contributed by atoms with Gasteiger partial charge in [0.05, 0.1) is 17.7 Å². The predicted molar refractivity (Wildman–Crippen MR) is 144 cm³/mol. The summed E-state index contributed by atoms with van der Waals surface area (Å²) in [4.78, 5) is 27.9. The lowest BCUT2D eigenvalue weighted by Crippen LogP contribution is -2.52. The summed E-state index contributed by atoms with van der Waals surface area (Å²) in [6, 6.07) is 23.3. The Morgan fingerprint density at radius 3 is 2.22 bits per heavy atom. The largest absolute Gasteiger partial charge is 0.497 e. The van der Waals surface area contributed by atoms with E-state index >= 15 is 0 Å². The van der Waals surface area contributed by atoms with Crippen LogP contribution in [-0.2, 0) is 26.0 Å². The van der Waals surface area contributed by atoms with Crippen molar-refractivity contribution < 1.29 is 22.7 Å². The van der Waals surface area contributed by atoms with Crippen LogP contribution < -0.4 is 14.4 Å². The number of benzene rings is 3. The molecule has 196 valence electrons. The van der Waals surface area contributed by atoms with E-state index in [0.717, 1.165) is 9.87 Å². The lowest BCUT2D eigenvalue weighted by Gasteiger charge is -2.32. The predicted octanol–water partition coefficient (Wildman–Crippen LogP) is 3.49. The van der Waals surface area contributed by atoms with Gasteiger partial charge in [0.25, 0.3) is 10.0 Å². The lowest BCUT2D eigenvalue weighted by atomic mass is 10.1. The molecule has 2 amide bonds. The van der Waals surface area contributed by atoms with Gasteiger partial charge in [-0.05, 0) is 50.1 Å². The van der Waals surface area contributed by atoms with E-state index in [0.29, 0.717) is 18.7 Å². The molecule has 0 heterocycles. The number of sulfonamides is 1. The highest BCUT2D eigenvalue weighted by atomic mass is 32.2. The minimum atomic E-state index is -4.10. The standard InChI is InChI=1S/C28H33N3O5S/c1-4-29-28(33)22(2)30(19-18-23-12-7-5-8-13-23)27(32)21-31(24-14-11-15-25(20-24)36-3)37(34,35)26-16-9-6-10-17-26/h5-17,20,22H,4,18-19,21H2,1-3H3,(H,29,33)/t22-/m1/s1. The SMILES string of the molecule is CCNC(=O)[C@@H](C)N(CCc1ccccc1)C(=O)CN(c1cccc(OC)c1)S(=O)(=O)c1ccccc1. The number of nitrogens with zero attached hydrogens (tertiary/aromatic N) is 2. The van der Waals surface area contributed by atoms with E-state index in [1.54, 1.807) is 56.3 Å². The van der Waals surface area contributed by atoms with E-state index in [9.17, 15) is 18.0 Å². The first-order valence-corrected chi connectivity index (χ1v) is 13.5. The number of methoxy groups -OCH3 is 1. The summed E-state index contributed by atoms with van der Waals surface area (Å²) in [7, 11) is -2.62. The van der Waals surface area contributed by atoms with Gasteiger partial charge in [0.2, 0.25) is 11.8 Å². The zero-order valence-electron chi connectivity index (χ0n) is 21.3. The summed E-state index contributed by atoms with van der Waals surface area (Å²) in [6.07, 6.45) is 0.515. The van der Waals surface area contributed by atoms with Gasteiger partial charge in [-0.2, -0.15) is 0 Å². The second kappa shape index (κ2) is 12.9. The van der Waals surface area contributed by atoms with Crippen LogP contribution >= 0.6 is 0 Å². The number of anilines is 1. The molecule has 3 rings (SSSR count). The number of amides is 2. The van der Waals surface area contributed by atoms with E-state index in [2.05, 4.69) is 5.32 Å². The second-order valence-corrected chi connectivity index (χ2v) is 10.3. The normalized spacial score (nSPS) is 11.9. The summed E-state index contributed by atoms with van der Waals surface area (Å²) < 4.78 is 33.8. The van der Waals surface area contributed by atoms with Crippen LogP contribution in [0.3, 0.4) is 0 Å². The Balaban J connectivity index is 1.98. The smallest absolute Gasteiger partial charge is 0.264 e. The van der Waals surface area contributed by atoms with Gasteiger partial charge in [-0.25, -0.2) is 8.42 Å². The van der Waals surface area contributed by atoms with Crippen LogP contribution in [0, 0.1) is 0 Å². The molecule has 0 saturated heterocycles. The van der Waals surface area contributed by atoms with Crippen molar-refractivity contribution in [2.45, 2.75) is 31.2 Å². The van der Waals surface area contributed by atoms with Crippen molar-refractivity contribution in [2.24, 2.45) is 0 Å². The number of carbonyl (C=O) groups excluding carboxylic acids is 2. The quantitative estimate of drug-likeness (QED) is 0.392. The van der Waals surface area contributed by atoms with Crippen LogP contribution in [0.4, 0.5) is 5.69 Å². The highest BCUT2D eigenvalue weighted by Crippen LogP contribution is 2.27. The van der Waals surface area contributed by atoms with Crippen molar-refractivity contribution >= 4 is 27.5 Å². The molecule has 0 bridgehead atoms. The van der Waals surface area contributed by atoms with E-state index in [-0.39, 0.29) is 23.0 Å². The van der Waals surface area contributed by atoms with Gasteiger partial charge in [0, 0.05) is 19.2 Å². The first kappa shape index (κ1) is 27.7. The average molecular weight is 524 g/mol. The highest BCUT2D eigenvalue weighted by molar-refractivity contribution is 7.92. The maximum absolute atomic E-state index is 13.7. The minimum absolute atomic E-state index is 0.0539. The van der Waals surface area contributed by atoms with Crippen molar-refractivity contribution in [3.63, 3.8) is 0 Å². The van der Waals surface area contributed by atoms with Crippen LogP contribution in [0.1, 0.15) is 19.4 Å². The Hall–Kier alpha value is -3.85. The average Bonchev–Trinajstić information content (AvgIpc) is 2.92. The summed E-state index contributed by atoms with van der Waals surface area (Å²) in [5.41, 5.74) is 1.29. The third kappa shape index (κ3) is 7.10. The van der Waals surface area contributed by atoms with Crippen LogP contribution in [0.2, 0.25) is 0 Å². The zero-order valence-corrected chi connectivity index (χ0v) is 22.1. The molecular formula is C28H33N3O5S. The van der Waals surface area contributed by atoms with Crippen molar-refractivity contribution in [3.05, 3.63) is 90.5 Å². The third-order valence-electron chi connectivity index (χ3n) is 5.95. The summed E-state index contributed by atoms with van der Waals surface area (Å²) in [5, 5.41) is 2.75. The maximum Gasteiger partial charge on any atom is 0.264 e. The van der Waals surface area contributed by atoms with Gasteiger partial charge in [0.1, 0.15) is 18.3 Å². The summed E-state index contributed by atoms with van der Waals surface area (Å²) in [6.45, 7) is 3.64. The lowest BCUT2D eigenvalue weighted by molar-refractivity contribution is -0.138. The molecule has 3 aromatic rings. The van der Waals surface area contributed by atoms with Crippen LogP contribution in [0.5, 0.6) is 5.75 Å².